The molecule has 0 aliphatic heterocycles. The number of hydrogen-bond acceptors (Lipinski definition) is 3. The lowest BCUT2D eigenvalue weighted by Gasteiger charge is -2.11. The number of halogens is 5. The standard InChI is InChI=1S/C15H7Cl2F3N2O2/c16-7-4-8-12(10(17)5-7)21-13(22-14(8)24)6-1-2-11(23)9(3-6)15(18,19)20/h1-5,23H,(H,21,22,24). The quantitative estimate of drug-likeness (QED) is 0.652. The summed E-state index contributed by atoms with van der Waals surface area (Å²) in [5.41, 5.74) is -1.74. The largest absolute Gasteiger partial charge is 0.507 e. The summed E-state index contributed by atoms with van der Waals surface area (Å²) in [6.45, 7) is 0. The molecule has 3 aromatic rings. The summed E-state index contributed by atoms with van der Waals surface area (Å²) in [5.74, 6) is -1.03. The van der Waals surface area contributed by atoms with Crippen LogP contribution in [0.25, 0.3) is 22.3 Å². The number of alkyl halides is 3. The van der Waals surface area contributed by atoms with Crippen molar-refractivity contribution in [2.45, 2.75) is 6.18 Å². The molecule has 24 heavy (non-hydrogen) atoms. The van der Waals surface area contributed by atoms with Crippen LogP contribution in [0.4, 0.5) is 13.2 Å². The maximum atomic E-state index is 12.9. The van der Waals surface area contributed by atoms with Gasteiger partial charge in [-0.3, -0.25) is 4.79 Å². The van der Waals surface area contributed by atoms with Crippen molar-refractivity contribution in [2.75, 3.05) is 0 Å². The monoisotopic (exact) mass is 374 g/mol. The van der Waals surface area contributed by atoms with Crippen molar-refractivity contribution < 1.29 is 18.3 Å². The highest BCUT2D eigenvalue weighted by atomic mass is 35.5. The number of aromatic nitrogens is 2. The van der Waals surface area contributed by atoms with Crippen LogP contribution >= 0.6 is 23.2 Å². The van der Waals surface area contributed by atoms with Gasteiger partial charge in [0.1, 0.15) is 11.6 Å². The Hall–Kier alpha value is -2.25. The predicted molar refractivity (Wildman–Crippen MR) is 84.5 cm³/mol. The Morgan fingerprint density at radius 2 is 1.83 bits per heavy atom. The first kappa shape index (κ1) is 16.6. The van der Waals surface area contributed by atoms with Gasteiger partial charge in [0.15, 0.2) is 0 Å². The fourth-order valence-electron chi connectivity index (χ4n) is 2.21. The minimum atomic E-state index is -4.75. The maximum Gasteiger partial charge on any atom is 0.419 e. The average Bonchev–Trinajstić information content (AvgIpc) is 2.47. The number of phenols is 1. The van der Waals surface area contributed by atoms with Crippen molar-refractivity contribution in [2.24, 2.45) is 0 Å². The number of H-pyrrole nitrogens is 1. The van der Waals surface area contributed by atoms with Gasteiger partial charge in [0.25, 0.3) is 5.56 Å². The minimum Gasteiger partial charge on any atom is -0.507 e. The molecule has 9 heteroatoms. The van der Waals surface area contributed by atoms with Crippen LogP contribution in [-0.2, 0) is 6.18 Å². The minimum absolute atomic E-state index is 0.0230. The Bertz CT molecular complexity index is 1020. The van der Waals surface area contributed by atoms with E-state index < -0.39 is 23.0 Å². The van der Waals surface area contributed by atoms with Gasteiger partial charge in [0, 0.05) is 10.6 Å². The molecule has 0 radical (unpaired) electrons. The Morgan fingerprint density at radius 1 is 1.12 bits per heavy atom. The number of nitrogens with one attached hydrogen (secondary N) is 1. The van der Waals surface area contributed by atoms with Gasteiger partial charge < -0.3 is 10.1 Å². The lowest BCUT2D eigenvalue weighted by molar-refractivity contribution is -0.138. The van der Waals surface area contributed by atoms with Crippen molar-refractivity contribution in [3.63, 3.8) is 0 Å². The molecule has 0 bridgehead atoms. The topological polar surface area (TPSA) is 66.0 Å². The first-order valence-corrected chi connectivity index (χ1v) is 7.22. The fraction of sp³-hybridized carbons (Fsp3) is 0.0667. The van der Waals surface area contributed by atoms with E-state index in [0.29, 0.717) is 6.07 Å². The third-order valence-electron chi connectivity index (χ3n) is 3.30. The van der Waals surface area contributed by atoms with Crippen molar-refractivity contribution >= 4 is 34.1 Å². The van der Waals surface area contributed by atoms with Crippen LogP contribution in [-0.4, -0.2) is 15.1 Å². The molecular weight excluding hydrogens is 368 g/mol. The van der Waals surface area contributed by atoms with E-state index in [1.54, 1.807) is 0 Å². The number of hydrogen-bond donors (Lipinski definition) is 2. The van der Waals surface area contributed by atoms with Gasteiger partial charge in [-0.05, 0) is 30.3 Å². The summed E-state index contributed by atoms with van der Waals surface area (Å²) in [6, 6.07) is 5.52. The highest BCUT2D eigenvalue weighted by Crippen LogP contribution is 2.37. The molecule has 0 unspecified atom stereocenters. The molecule has 1 heterocycles. The van der Waals surface area contributed by atoms with E-state index in [9.17, 15) is 23.1 Å². The first-order valence-electron chi connectivity index (χ1n) is 6.46. The summed E-state index contributed by atoms with van der Waals surface area (Å²) in [7, 11) is 0. The SMILES string of the molecule is O=c1[nH]c(-c2ccc(O)c(C(F)(F)F)c2)nc2c(Cl)cc(Cl)cc12. The van der Waals surface area contributed by atoms with Crippen molar-refractivity contribution in [3.8, 4) is 17.1 Å². The second kappa shape index (κ2) is 5.68. The molecule has 2 N–H and O–H groups in total. The van der Waals surface area contributed by atoms with Crippen molar-refractivity contribution in [3.05, 3.63) is 56.3 Å². The van der Waals surface area contributed by atoms with E-state index in [4.69, 9.17) is 23.2 Å². The van der Waals surface area contributed by atoms with E-state index in [1.165, 1.54) is 18.2 Å². The molecule has 2 aromatic carbocycles. The van der Waals surface area contributed by atoms with E-state index >= 15 is 0 Å². The van der Waals surface area contributed by atoms with E-state index in [2.05, 4.69) is 9.97 Å². The van der Waals surface area contributed by atoms with E-state index in [0.717, 1.165) is 6.07 Å². The lowest BCUT2D eigenvalue weighted by Crippen LogP contribution is -2.11. The summed E-state index contributed by atoms with van der Waals surface area (Å²) < 4.78 is 38.7. The second-order valence-corrected chi connectivity index (χ2v) is 5.77. The Kier molecular flexibility index (Phi) is 3.93. The van der Waals surface area contributed by atoms with Crippen LogP contribution in [0.5, 0.6) is 5.75 Å². The third kappa shape index (κ3) is 2.92. The first-order chi connectivity index (χ1) is 11.2. The number of benzene rings is 2. The lowest BCUT2D eigenvalue weighted by atomic mass is 10.1. The number of rotatable bonds is 1. The molecule has 0 atom stereocenters. The molecule has 1 aromatic heterocycles. The van der Waals surface area contributed by atoms with Gasteiger partial charge in [-0.2, -0.15) is 13.2 Å². The maximum absolute atomic E-state index is 12.9. The molecule has 0 spiro atoms. The van der Waals surface area contributed by atoms with Gasteiger partial charge >= 0.3 is 6.18 Å². The smallest absolute Gasteiger partial charge is 0.419 e. The number of phenolic OH excluding ortho intramolecular Hbond substituents is 1. The number of aromatic amines is 1. The molecule has 0 aliphatic rings. The normalized spacial score (nSPS) is 11.9. The van der Waals surface area contributed by atoms with Gasteiger partial charge in [-0.1, -0.05) is 23.2 Å². The van der Waals surface area contributed by atoms with E-state index in [-0.39, 0.29) is 32.3 Å². The molecule has 4 nitrogen and oxygen atoms in total. The number of nitrogens with zero attached hydrogens (tertiary/aromatic N) is 1. The second-order valence-electron chi connectivity index (χ2n) is 4.93. The average molecular weight is 375 g/mol. The molecule has 0 saturated heterocycles. The Labute approximate surface area is 142 Å². The van der Waals surface area contributed by atoms with Gasteiger partial charge in [-0.25, -0.2) is 4.98 Å². The molecule has 0 aliphatic carbocycles. The summed E-state index contributed by atoms with van der Waals surface area (Å²) in [4.78, 5) is 18.6. The number of fused-ring (bicyclic) bond motifs is 1. The van der Waals surface area contributed by atoms with Crippen LogP contribution in [0.1, 0.15) is 5.56 Å². The Morgan fingerprint density at radius 3 is 2.50 bits per heavy atom. The Balaban J connectivity index is 2.26. The van der Waals surface area contributed by atoms with Crippen LogP contribution in [0.3, 0.4) is 0 Å². The zero-order chi connectivity index (χ0) is 17.6. The number of aromatic hydroxyl groups is 1. The van der Waals surface area contributed by atoms with Crippen LogP contribution < -0.4 is 5.56 Å². The van der Waals surface area contributed by atoms with E-state index in [1.807, 2.05) is 0 Å². The van der Waals surface area contributed by atoms with Crippen molar-refractivity contribution in [1.82, 2.24) is 9.97 Å². The summed E-state index contributed by atoms with van der Waals surface area (Å²) in [5, 5.41) is 9.82. The molecule has 124 valence electrons. The highest BCUT2D eigenvalue weighted by Gasteiger charge is 2.34. The highest BCUT2D eigenvalue weighted by molar-refractivity contribution is 6.38. The molecule has 0 saturated carbocycles. The van der Waals surface area contributed by atoms with Gasteiger partial charge in [-0.15, -0.1) is 0 Å². The summed E-state index contributed by atoms with van der Waals surface area (Å²) >= 11 is 11.8. The zero-order valence-corrected chi connectivity index (χ0v) is 13.1. The van der Waals surface area contributed by atoms with Gasteiger partial charge in [0.2, 0.25) is 0 Å². The zero-order valence-electron chi connectivity index (χ0n) is 11.6. The van der Waals surface area contributed by atoms with Crippen LogP contribution in [0, 0.1) is 0 Å². The van der Waals surface area contributed by atoms with Crippen LogP contribution in [0.15, 0.2) is 35.1 Å². The molecule has 0 fully saturated rings. The third-order valence-corrected chi connectivity index (χ3v) is 3.81. The van der Waals surface area contributed by atoms with Crippen molar-refractivity contribution in [1.29, 1.82) is 0 Å². The fourth-order valence-corrected chi connectivity index (χ4v) is 2.75. The van der Waals surface area contributed by atoms with Crippen LogP contribution in [0.2, 0.25) is 10.0 Å². The molecule has 3 rings (SSSR count). The van der Waals surface area contributed by atoms with Gasteiger partial charge in [0.05, 0.1) is 21.5 Å². The molecule has 0 amide bonds. The summed E-state index contributed by atoms with van der Waals surface area (Å²) in [6.07, 6.45) is -4.75. The predicted octanol–water partition coefficient (Wildman–Crippen LogP) is 4.62. The molecular formula is C15H7Cl2F3N2O2.